The summed E-state index contributed by atoms with van der Waals surface area (Å²) >= 11 is 8.98. The molecule has 1 aliphatic rings. The van der Waals surface area contributed by atoms with E-state index in [1.807, 2.05) is 24.3 Å². The van der Waals surface area contributed by atoms with Gasteiger partial charge in [0.2, 0.25) is 11.0 Å². The van der Waals surface area contributed by atoms with Gasteiger partial charge in [0.1, 0.15) is 0 Å². The summed E-state index contributed by atoms with van der Waals surface area (Å²) in [6, 6.07) is 7.77. The van der Waals surface area contributed by atoms with Crippen molar-refractivity contribution >= 4 is 45.7 Å². The number of hydrogen-bond acceptors (Lipinski definition) is 5. The van der Waals surface area contributed by atoms with Crippen LogP contribution in [0.2, 0.25) is 5.02 Å². The van der Waals surface area contributed by atoms with Crippen LogP contribution in [0.25, 0.3) is 0 Å². The van der Waals surface area contributed by atoms with E-state index in [0.29, 0.717) is 5.13 Å². The Balaban J connectivity index is 1.53. The zero-order valence-electron chi connectivity index (χ0n) is 11.9. The van der Waals surface area contributed by atoms with Gasteiger partial charge in [-0.25, -0.2) is 0 Å². The average Bonchev–Trinajstić information content (AvgIpc) is 3.17. The molecule has 22 heavy (non-hydrogen) atoms. The molecule has 2 aromatic rings. The molecule has 4 nitrogen and oxygen atoms in total. The maximum atomic E-state index is 12.0. The standard InChI is InChI=1S/C15H16ClN3OS2/c16-12-7-3-4-10(8-12)9-21-15-19-18-14(22-15)17-13(20)11-5-1-2-6-11/h3-4,7-8,11H,1-2,5-6,9H2,(H,17,18,20). The zero-order valence-corrected chi connectivity index (χ0v) is 14.3. The lowest BCUT2D eigenvalue weighted by Crippen LogP contribution is -2.20. The number of rotatable bonds is 5. The fraction of sp³-hybridized carbons (Fsp3) is 0.400. The first kappa shape index (κ1) is 15.8. The number of carbonyl (C=O) groups excluding carboxylic acids is 1. The minimum Gasteiger partial charge on any atom is -0.300 e. The molecule has 3 rings (SSSR count). The third-order valence-electron chi connectivity index (χ3n) is 3.61. The summed E-state index contributed by atoms with van der Waals surface area (Å²) in [4.78, 5) is 12.0. The van der Waals surface area contributed by atoms with Crippen molar-refractivity contribution in [3.63, 3.8) is 0 Å². The van der Waals surface area contributed by atoms with Gasteiger partial charge >= 0.3 is 0 Å². The Kier molecular flexibility index (Phi) is 5.33. The second-order valence-electron chi connectivity index (χ2n) is 5.26. The first-order valence-electron chi connectivity index (χ1n) is 7.22. The Bertz CT molecular complexity index is 656. The molecule has 0 unspecified atom stereocenters. The number of thioether (sulfide) groups is 1. The molecule has 1 aromatic carbocycles. The highest BCUT2D eigenvalue weighted by atomic mass is 35.5. The van der Waals surface area contributed by atoms with Crippen LogP contribution in [0.5, 0.6) is 0 Å². The van der Waals surface area contributed by atoms with Crippen LogP contribution in [0.1, 0.15) is 31.2 Å². The van der Waals surface area contributed by atoms with Gasteiger partial charge in [-0.3, -0.25) is 4.79 Å². The van der Waals surface area contributed by atoms with Crippen LogP contribution in [0, 0.1) is 5.92 Å². The van der Waals surface area contributed by atoms with Gasteiger partial charge in [-0.2, -0.15) is 0 Å². The SMILES string of the molecule is O=C(Nc1nnc(SCc2cccc(Cl)c2)s1)C1CCCC1. The highest BCUT2D eigenvalue weighted by Gasteiger charge is 2.23. The van der Waals surface area contributed by atoms with E-state index in [4.69, 9.17) is 11.6 Å². The maximum absolute atomic E-state index is 12.0. The topological polar surface area (TPSA) is 54.9 Å². The predicted octanol–water partition coefficient (Wildman–Crippen LogP) is 4.61. The zero-order chi connectivity index (χ0) is 15.4. The van der Waals surface area contributed by atoms with E-state index >= 15 is 0 Å². The molecule has 116 valence electrons. The number of aromatic nitrogens is 2. The molecule has 0 spiro atoms. The van der Waals surface area contributed by atoms with E-state index in [9.17, 15) is 4.79 Å². The molecule has 1 aliphatic carbocycles. The van der Waals surface area contributed by atoms with Crippen LogP contribution in [0.15, 0.2) is 28.6 Å². The first-order valence-corrected chi connectivity index (χ1v) is 9.40. The molecule has 1 N–H and O–H groups in total. The van der Waals surface area contributed by atoms with Gasteiger partial charge in [0.15, 0.2) is 4.34 Å². The molecule has 7 heteroatoms. The van der Waals surface area contributed by atoms with Crippen LogP contribution in [0.4, 0.5) is 5.13 Å². The molecule has 0 bridgehead atoms. The van der Waals surface area contributed by atoms with Crippen molar-refractivity contribution in [2.75, 3.05) is 5.32 Å². The van der Waals surface area contributed by atoms with Gasteiger partial charge in [-0.05, 0) is 30.5 Å². The van der Waals surface area contributed by atoms with Crippen LogP contribution < -0.4 is 5.32 Å². The fourth-order valence-corrected chi connectivity index (χ4v) is 4.40. The van der Waals surface area contributed by atoms with Gasteiger partial charge in [0.05, 0.1) is 0 Å². The number of anilines is 1. The lowest BCUT2D eigenvalue weighted by molar-refractivity contribution is -0.119. The van der Waals surface area contributed by atoms with Crippen molar-refractivity contribution in [2.45, 2.75) is 35.8 Å². The van der Waals surface area contributed by atoms with E-state index < -0.39 is 0 Å². The Morgan fingerprint density at radius 2 is 2.18 bits per heavy atom. The first-order chi connectivity index (χ1) is 10.7. The summed E-state index contributed by atoms with van der Waals surface area (Å²) in [5, 5.41) is 12.4. The molecular formula is C15H16ClN3OS2. The van der Waals surface area contributed by atoms with Crippen molar-refractivity contribution in [3.8, 4) is 0 Å². The fourth-order valence-electron chi connectivity index (χ4n) is 2.49. The van der Waals surface area contributed by atoms with Crippen molar-refractivity contribution in [2.24, 2.45) is 5.92 Å². The summed E-state index contributed by atoms with van der Waals surface area (Å²) in [5.41, 5.74) is 1.14. The lowest BCUT2D eigenvalue weighted by atomic mass is 10.1. The van der Waals surface area contributed by atoms with Crippen LogP contribution in [0.3, 0.4) is 0 Å². The Morgan fingerprint density at radius 1 is 1.36 bits per heavy atom. The monoisotopic (exact) mass is 353 g/mol. The predicted molar refractivity (Wildman–Crippen MR) is 91.5 cm³/mol. The van der Waals surface area contributed by atoms with Crippen molar-refractivity contribution in [1.29, 1.82) is 0 Å². The van der Waals surface area contributed by atoms with Crippen LogP contribution in [-0.4, -0.2) is 16.1 Å². The van der Waals surface area contributed by atoms with Gasteiger partial charge < -0.3 is 5.32 Å². The number of amides is 1. The third-order valence-corrected chi connectivity index (χ3v) is 5.89. The van der Waals surface area contributed by atoms with E-state index in [-0.39, 0.29) is 11.8 Å². The minimum absolute atomic E-state index is 0.0834. The van der Waals surface area contributed by atoms with Crippen molar-refractivity contribution < 1.29 is 4.79 Å². The second kappa shape index (κ2) is 7.44. The van der Waals surface area contributed by atoms with Crippen molar-refractivity contribution in [1.82, 2.24) is 10.2 Å². The molecule has 1 fully saturated rings. The Morgan fingerprint density at radius 3 is 2.95 bits per heavy atom. The van der Waals surface area contributed by atoms with Gasteiger partial charge in [0.25, 0.3) is 0 Å². The molecule has 1 heterocycles. The Hall–Kier alpha value is -1.11. The highest BCUT2D eigenvalue weighted by molar-refractivity contribution is 8.00. The molecule has 0 atom stereocenters. The van der Waals surface area contributed by atoms with Gasteiger partial charge in [-0.1, -0.05) is 59.7 Å². The Labute approximate surface area is 142 Å². The molecular weight excluding hydrogens is 338 g/mol. The summed E-state index contributed by atoms with van der Waals surface area (Å²) in [6.45, 7) is 0. The average molecular weight is 354 g/mol. The molecule has 0 saturated heterocycles. The quantitative estimate of drug-likeness (QED) is 0.629. The summed E-state index contributed by atoms with van der Waals surface area (Å²) < 4.78 is 0.849. The number of halogens is 1. The number of nitrogens with one attached hydrogen (secondary N) is 1. The van der Waals surface area contributed by atoms with Gasteiger partial charge in [0, 0.05) is 16.7 Å². The van der Waals surface area contributed by atoms with E-state index in [2.05, 4.69) is 15.5 Å². The number of nitrogens with zero attached hydrogens (tertiary/aromatic N) is 2. The maximum Gasteiger partial charge on any atom is 0.229 e. The molecule has 1 amide bonds. The normalized spacial score (nSPS) is 15.1. The number of hydrogen-bond donors (Lipinski definition) is 1. The summed E-state index contributed by atoms with van der Waals surface area (Å²) in [7, 11) is 0. The second-order valence-corrected chi connectivity index (χ2v) is 7.90. The summed E-state index contributed by atoms with van der Waals surface area (Å²) in [6.07, 6.45) is 4.27. The van der Waals surface area contributed by atoms with Crippen molar-refractivity contribution in [3.05, 3.63) is 34.9 Å². The molecule has 0 aliphatic heterocycles. The summed E-state index contributed by atoms with van der Waals surface area (Å²) in [5.74, 6) is 1.01. The van der Waals surface area contributed by atoms with Crippen LogP contribution in [-0.2, 0) is 10.5 Å². The van der Waals surface area contributed by atoms with Crippen LogP contribution >= 0.6 is 34.7 Å². The van der Waals surface area contributed by atoms with E-state index in [1.54, 1.807) is 11.8 Å². The highest BCUT2D eigenvalue weighted by Crippen LogP contribution is 2.30. The molecule has 1 saturated carbocycles. The smallest absolute Gasteiger partial charge is 0.229 e. The minimum atomic E-state index is 0.0834. The van der Waals surface area contributed by atoms with Gasteiger partial charge in [-0.15, -0.1) is 10.2 Å². The number of carbonyl (C=O) groups is 1. The largest absolute Gasteiger partial charge is 0.300 e. The number of benzene rings is 1. The third kappa shape index (κ3) is 4.21. The molecule has 0 radical (unpaired) electrons. The van der Waals surface area contributed by atoms with E-state index in [0.717, 1.165) is 46.4 Å². The molecule has 1 aromatic heterocycles. The lowest BCUT2D eigenvalue weighted by Gasteiger charge is -2.06. The van der Waals surface area contributed by atoms with E-state index in [1.165, 1.54) is 11.3 Å².